The van der Waals surface area contributed by atoms with Gasteiger partial charge in [-0.25, -0.2) is 4.79 Å². The minimum atomic E-state index is -0.306. The Morgan fingerprint density at radius 1 is 1.25 bits per heavy atom. The summed E-state index contributed by atoms with van der Waals surface area (Å²) in [6.07, 6.45) is 8.78. The number of piperidine rings is 2. The van der Waals surface area contributed by atoms with Crippen LogP contribution in [0.2, 0.25) is 0 Å². The Kier molecular flexibility index (Phi) is 5.41. The van der Waals surface area contributed by atoms with Gasteiger partial charge in [0, 0.05) is 12.1 Å². The zero-order valence-corrected chi connectivity index (χ0v) is 14.1. The van der Waals surface area contributed by atoms with Gasteiger partial charge in [-0.2, -0.15) is 0 Å². The summed E-state index contributed by atoms with van der Waals surface area (Å²) in [5, 5.41) is 9.59. The van der Waals surface area contributed by atoms with E-state index in [1.807, 2.05) is 0 Å². The van der Waals surface area contributed by atoms with Gasteiger partial charge in [0.25, 0.3) is 0 Å². The van der Waals surface area contributed by atoms with Gasteiger partial charge in [0.2, 0.25) is 0 Å². The van der Waals surface area contributed by atoms with Crippen molar-refractivity contribution in [2.75, 3.05) is 20.2 Å². The number of benzene rings is 1. The first kappa shape index (κ1) is 16.8. The highest BCUT2D eigenvalue weighted by Crippen LogP contribution is 2.29. The Bertz CT molecular complexity index is 611. The second-order valence-electron chi connectivity index (χ2n) is 6.48. The van der Waals surface area contributed by atoms with Gasteiger partial charge in [0.1, 0.15) is 6.10 Å². The van der Waals surface area contributed by atoms with Crippen LogP contribution < -0.4 is 4.74 Å². The number of methoxy groups -OCH3 is 1. The molecule has 2 heterocycles. The minimum absolute atomic E-state index is 0.00514. The fourth-order valence-electron chi connectivity index (χ4n) is 3.69. The van der Waals surface area contributed by atoms with Crippen LogP contribution in [-0.4, -0.2) is 48.3 Å². The second kappa shape index (κ2) is 7.71. The average molecular weight is 331 g/mol. The van der Waals surface area contributed by atoms with Gasteiger partial charge in [0.05, 0.1) is 7.11 Å². The number of phenolic OH excluding ortho intramolecular Hbond substituents is 1. The number of phenols is 1. The van der Waals surface area contributed by atoms with E-state index in [0.29, 0.717) is 11.8 Å². The standard InChI is InChI=1S/C19H25NO4/c1-23-18-13-14(7-9-16(18)21)8-10-19(22)24-17-6-4-12-20-11-3-2-5-15(17)20/h7-10,13,15,17,21H,2-6,11-12H2,1H3/b10-8+/t15-,17+/m1/s1. The van der Waals surface area contributed by atoms with Crippen molar-refractivity contribution in [3.05, 3.63) is 29.8 Å². The molecule has 2 fully saturated rings. The van der Waals surface area contributed by atoms with Crippen LogP contribution in [0.15, 0.2) is 24.3 Å². The van der Waals surface area contributed by atoms with Gasteiger partial charge in [-0.3, -0.25) is 4.90 Å². The number of aromatic hydroxyl groups is 1. The van der Waals surface area contributed by atoms with Crippen LogP contribution in [0.4, 0.5) is 0 Å². The van der Waals surface area contributed by atoms with Crippen molar-refractivity contribution in [2.24, 2.45) is 0 Å². The van der Waals surface area contributed by atoms with Crippen molar-refractivity contribution in [1.82, 2.24) is 4.90 Å². The van der Waals surface area contributed by atoms with Crippen LogP contribution in [0.25, 0.3) is 6.08 Å². The minimum Gasteiger partial charge on any atom is -0.504 e. The Balaban J connectivity index is 1.60. The van der Waals surface area contributed by atoms with Gasteiger partial charge < -0.3 is 14.6 Å². The van der Waals surface area contributed by atoms with Crippen molar-refractivity contribution in [3.63, 3.8) is 0 Å². The SMILES string of the molecule is COc1cc(/C=C/C(=O)O[C@H]2CCCN3CCCC[C@H]23)ccc1O. The first-order valence-corrected chi connectivity index (χ1v) is 8.67. The summed E-state index contributed by atoms with van der Waals surface area (Å²) in [5.41, 5.74) is 0.782. The van der Waals surface area contributed by atoms with Crippen molar-refractivity contribution in [2.45, 2.75) is 44.2 Å². The van der Waals surface area contributed by atoms with Crippen LogP contribution in [0.3, 0.4) is 0 Å². The molecule has 0 aliphatic carbocycles. The number of nitrogens with zero attached hydrogens (tertiary/aromatic N) is 1. The molecule has 3 rings (SSSR count). The molecule has 2 saturated heterocycles. The predicted octanol–water partition coefficient (Wildman–Crippen LogP) is 2.97. The second-order valence-corrected chi connectivity index (χ2v) is 6.48. The summed E-state index contributed by atoms with van der Waals surface area (Å²) in [6, 6.07) is 5.34. The molecular formula is C19H25NO4. The zero-order valence-electron chi connectivity index (χ0n) is 14.1. The molecule has 0 spiro atoms. The molecule has 0 unspecified atom stereocenters. The number of esters is 1. The van der Waals surface area contributed by atoms with Crippen molar-refractivity contribution < 1.29 is 19.4 Å². The van der Waals surface area contributed by atoms with Gasteiger partial charge in [-0.05, 0) is 62.5 Å². The van der Waals surface area contributed by atoms with E-state index in [0.717, 1.165) is 37.9 Å². The van der Waals surface area contributed by atoms with E-state index in [4.69, 9.17) is 9.47 Å². The molecule has 0 saturated carbocycles. The van der Waals surface area contributed by atoms with Gasteiger partial charge in [-0.15, -0.1) is 0 Å². The number of hydrogen-bond donors (Lipinski definition) is 1. The smallest absolute Gasteiger partial charge is 0.331 e. The average Bonchev–Trinajstić information content (AvgIpc) is 2.61. The van der Waals surface area contributed by atoms with Gasteiger partial charge >= 0.3 is 5.97 Å². The predicted molar refractivity (Wildman–Crippen MR) is 92.0 cm³/mol. The molecule has 0 radical (unpaired) electrons. The topological polar surface area (TPSA) is 59.0 Å². The van der Waals surface area contributed by atoms with Crippen LogP contribution >= 0.6 is 0 Å². The maximum atomic E-state index is 12.2. The Morgan fingerprint density at radius 3 is 2.92 bits per heavy atom. The first-order chi connectivity index (χ1) is 11.7. The molecule has 1 N–H and O–H groups in total. The third-order valence-electron chi connectivity index (χ3n) is 4.91. The van der Waals surface area contributed by atoms with E-state index in [1.165, 1.54) is 26.0 Å². The van der Waals surface area contributed by atoms with Crippen LogP contribution in [0.1, 0.15) is 37.7 Å². The molecule has 2 aliphatic heterocycles. The molecule has 0 aromatic heterocycles. The molecule has 5 nitrogen and oxygen atoms in total. The Labute approximate surface area is 142 Å². The number of hydrogen-bond acceptors (Lipinski definition) is 5. The number of rotatable bonds is 4. The zero-order chi connectivity index (χ0) is 16.9. The van der Waals surface area contributed by atoms with E-state index in [2.05, 4.69) is 4.90 Å². The molecule has 2 aliphatic rings. The van der Waals surface area contributed by atoms with Crippen LogP contribution in [0.5, 0.6) is 11.5 Å². The maximum Gasteiger partial charge on any atom is 0.331 e. The molecule has 5 heteroatoms. The number of carbonyl (C=O) groups is 1. The molecule has 24 heavy (non-hydrogen) atoms. The van der Waals surface area contributed by atoms with E-state index in [-0.39, 0.29) is 17.8 Å². The van der Waals surface area contributed by atoms with Gasteiger partial charge in [0.15, 0.2) is 11.5 Å². The fourth-order valence-corrected chi connectivity index (χ4v) is 3.69. The van der Waals surface area contributed by atoms with Crippen molar-refractivity contribution >= 4 is 12.0 Å². The highest BCUT2D eigenvalue weighted by atomic mass is 16.5. The summed E-state index contributed by atoms with van der Waals surface area (Å²) < 4.78 is 10.8. The lowest BCUT2D eigenvalue weighted by Crippen LogP contribution is -2.51. The van der Waals surface area contributed by atoms with Crippen LogP contribution in [0, 0.1) is 0 Å². The number of fused-ring (bicyclic) bond motifs is 1. The van der Waals surface area contributed by atoms with E-state index in [9.17, 15) is 9.90 Å². The quantitative estimate of drug-likeness (QED) is 0.679. The lowest BCUT2D eigenvalue weighted by atomic mass is 9.90. The Hall–Kier alpha value is -2.01. The fraction of sp³-hybridized carbons (Fsp3) is 0.526. The van der Waals surface area contributed by atoms with E-state index < -0.39 is 0 Å². The summed E-state index contributed by atoms with van der Waals surface area (Å²) in [5.74, 6) is 0.159. The van der Waals surface area contributed by atoms with E-state index in [1.54, 1.807) is 24.3 Å². The summed E-state index contributed by atoms with van der Waals surface area (Å²) in [6.45, 7) is 2.25. The molecule has 0 bridgehead atoms. The highest BCUT2D eigenvalue weighted by Gasteiger charge is 2.34. The maximum absolute atomic E-state index is 12.2. The summed E-state index contributed by atoms with van der Waals surface area (Å²) >= 11 is 0. The molecule has 1 aromatic rings. The molecule has 130 valence electrons. The third kappa shape index (κ3) is 3.90. The summed E-state index contributed by atoms with van der Waals surface area (Å²) in [4.78, 5) is 14.6. The molecule has 1 aromatic carbocycles. The molecular weight excluding hydrogens is 306 g/mol. The van der Waals surface area contributed by atoms with E-state index >= 15 is 0 Å². The van der Waals surface area contributed by atoms with Gasteiger partial charge in [-0.1, -0.05) is 12.5 Å². The normalized spacial score (nSPS) is 24.5. The number of carbonyl (C=O) groups excluding carboxylic acids is 1. The number of ether oxygens (including phenoxy) is 2. The summed E-state index contributed by atoms with van der Waals surface area (Å²) in [7, 11) is 1.50. The Morgan fingerprint density at radius 2 is 2.08 bits per heavy atom. The molecule has 0 amide bonds. The van der Waals surface area contributed by atoms with Crippen molar-refractivity contribution in [1.29, 1.82) is 0 Å². The third-order valence-corrected chi connectivity index (χ3v) is 4.91. The van der Waals surface area contributed by atoms with Crippen LogP contribution in [-0.2, 0) is 9.53 Å². The highest BCUT2D eigenvalue weighted by molar-refractivity contribution is 5.87. The monoisotopic (exact) mass is 331 g/mol. The first-order valence-electron chi connectivity index (χ1n) is 8.67. The largest absolute Gasteiger partial charge is 0.504 e. The lowest BCUT2D eigenvalue weighted by molar-refractivity contribution is -0.150. The molecule has 2 atom stereocenters. The van der Waals surface area contributed by atoms with Crippen molar-refractivity contribution in [3.8, 4) is 11.5 Å². The lowest BCUT2D eigenvalue weighted by Gasteiger charge is -2.43.